The van der Waals surface area contributed by atoms with Gasteiger partial charge in [-0.25, -0.2) is 19.3 Å². The predicted octanol–water partition coefficient (Wildman–Crippen LogP) is 2.23. The van der Waals surface area contributed by atoms with Gasteiger partial charge in [0.25, 0.3) is 5.56 Å². The number of nitrogens with one attached hydrogen (secondary N) is 2. The van der Waals surface area contributed by atoms with Crippen molar-refractivity contribution in [1.29, 1.82) is 0 Å². The van der Waals surface area contributed by atoms with Gasteiger partial charge in [0.05, 0.1) is 6.04 Å². The summed E-state index contributed by atoms with van der Waals surface area (Å²) in [6.45, 7) is 1.68. The van der Waals surface area contributed by atoms with Crippen molar-refractivity contribution in [2.24, 2.45) is 16.8 Å². The zero-order valence-corrected chi connectivity index (χ0v) is 16.9. The summed E-state index contributed by atoms with van der Waals surface area (Å²) >= 11 is 0. The number of nitrogens with two attached hydrogens (primary N) is 1. The lowest BCUT2D eigenvalue weighted by Crippen LogP contribution is -2.41. The summed E-state index contributed by atoms with van der Waals surface area (Å²) in [6.07, 6.45) is 11.3. The van der Waals surface area contributed by atoms with Crippen LogP contribution in [0.25, 0.3) is 0 Å². The molecule has 2 fully saturated rings. The van der Waals surface area contributed by atoms with Crippen molar-refractivity contribution >= 4 is 18.1 Å². The summed E-state index contributed by atoms with van der Waals surface area (Å²) < 4.78 is 1.19. The highest BCUT2D eigenvalue weighted by Crippen LogP contribution is 2.36. The summed E-state index contributed by atoms with van der Waals surface area (Å²) in [5.74, 6) is 7.27. The Kier molecular flexibility index (Phi) is 7.04. The highest BCUT2D eigenvalue weighted by molar-refractivity contribution is 5.87. The molecule has 158 valence electrons. The van der Waals surface area contributed by atoms with Crippen LogP contribution >= 0.6 is 0 Å². The van der Waals surface area contributed by atoms with Crippen LogP contribution in [0.1, 0.15) is 63.5 Å². The topological polar surface area (TPSA) is 131 Å². The molecule has 2 saturated carbocycles. The maximum Gasteiger partial charge on any atom is 0.321 e. The zero-order valence-electron chi connectivity index (χ0n) is 16.9. The number of hydrogen-bond donors (Lipinski definition) is 3. The lowest BCUT2D eigenvalue weighted by Gasteiger charge is -2.33. The number of hydrogen-bond acceptors (Lipinski definition) is 6. The monoisotopic (exact) mass is 402 g/mol. The molecule has 0 radical (unpaired) electrons. The van der Waals surface area contributed by atoms with E-state index in [-0.39, 0.29) is 24.1 Å². The van der Waals surface area contributed by atoms with Gasteiger partial charge in [0, 0.05) is 17.8 Å². The fraction of sp³-hybridized carbons (Fsp3) is 0.700. The average Bonchev–Trinajstić information content (AvgIpc) is 2.69. The molecule has 2 aliphatic rings. The van der Waals surface area contributed by atoms with Crippen molar-refractivity contribution in [3.8, 4) is 0 Å². The lowest BCUT2D eigenvalue weighted by molar-refractivity contribution is 0.211. The number of nitrogens with zero attached hydrogens (tertiary/aromatic N) is 3. The molecule has 0 bridgehead atoms. The van der Waals surface area contributed by atoms with E-state index in [1.807, 2.05) is 0 Å². The first-order valence-electron chi connectivity index (χ1n) is 10.4. The Labute approximate surface area is 170 Å². The van der Waals surface area contributed by atoms with Crippen molar-refractivity contribution in [1.82, 2.24) is 15.0 Å². The Morgan fingerprint density at radius 3 is 2.45 bits per heavy atom. The second kappa shape index (κ2) is 9.69. The molecule has 2 amide bonds. The van der Waals surface area contributed by atoms with Crippen LogP contribution in [0, 0.1) is 18.8 Å². The van der Waals surface area contributed by atoms with Crippen molar-refractivity contribution in [2.75, 3.05) is 11.2 Å². The first kappa shape index (κ1) is 21.0. The summed E-state index contributed by atoms with van der Waals surface area (Å²) in [5.41, 5.74) is 0.0832. The maximum atomic E-state index is 12.3. The van der Waals surface area contributed by atoms with Crippen molar-refractivity contribution in [3.05, 3.63) is 22.1 Å². The van der Waals surface area contributed by atoms with Crippen LogP contribution in [0.3, 0.4) is 0 Å². The molecule has 0 spiro atoms. The van der Waals surface area contributed by atoms with Gasteiger partial charge in [-0.2, -0.15) is 4.98 Å². The summed E-state index contributed by atoms with van der Waals surface area (Å²) in [4.78, 5) is 41.8. The van der Waals surface area contributed by atoms with Gasteiger partial charge in [-0.3, -0.25) is 10.1 Å². The van der Waals surface area contributed by atoms with E-state index in [1.54, 1.807) is 13.0 Å². The Bertz CT molecular complexity index is 816. The zero-order chi connectivity index (χ0) is 20.8. The minimum Gasteiger partial charge on any atom is -0.336 e. The molecule has 9 nitrogen and oxygen atoms in total. The van der Waals surface area contributed by atoms with Crippen LogP contribution in [0.15, 0.2) is 15.9 Å². The number of amides is 2. The molecule has 1 heterocycles. The third-order valence-corrected chi connectivity index (χ3v) is 6.28. The first-order chi connectivity index (χ1) is 13.9. The molecular weight excluding hydrogens is 372 g/mol. The highest BCUT2D eigenvalue weighted by Gasteiger charge is 2.27. The van der Waals surface area contributed by atoms with Gasteiger partial charge in [-0.1, -0.05) is 0 Å². The molecule has 3 rings (SSSR count). The number of rotatable bonds is 5. The fourth-order valence-electron chi connectivity index (χ4n) is 4.62. The van der Waals surface area contributed by atoms with Gasteiger partial charge in [0.15, 0.2) is 0 Å². The standard InChI is InChI=1S/C20H30N6O3/c1-13-10-18(28)24-19(26(13)21)25-20(29)23-17-8-4-15(5-9-17)11-14-2-6-16(7-3-14)22-12-27/h10,14-17H,2-9,11,21H2,1H3,(H2,23,24,25,28,29). The first-order valence-corrected chi connectivity index (χ1v) is 10.4. The smallest absolute Gasteiger partial charge is 0.321 e. The number of carbonyl (C=O) groups is 1. The molecular formula is C20H30N6O3. The summed E-state index contributed by atoms with van der Waals surface area (Å²) in [5, 5.41) is 5.54. The average molecular weight is 402 g/mol. The van der Waals surface area contributed by atoms with Gasteiger partial charge in [-0.05, 0) is 76.5 Å². The Balaban J connectivity index is 1.40. The minimum atomic E-state index is -0.438. The number of aryl methyl sites for hydroxylation is 1. The van der Waals surface area contributed by atoms with Crippen LogP contribution < -0.4 is 22.0 Å². The maximum absolute atomic E-state index is 12.3. The number of anilines is 1. The van der Waals surface area contributed by atoms with Gasteiger partial charge in [0.1, 0.15) is 0 Å². The number of isocyanates is 1. The van der Waals surface area contributed by atoms with Crippen molar-refractivity contribution in [3.63, 3.8) is 0 Å². The second-order valence-electron chi connectivity index (χ2n) is 8.38. The van der Waals surface area contributed by atoms with Gasteiger partial charge >= 0.3 is 6.03 Å². The number of aliphatic imine (C=N–C) groups is 1. The molecule has 4 N–H and O–H groups in total. The van der Waals surface area contributed by atoms with Crippen LogP contribution in [-0.4, -0.2) is 33.9 Å². The van der Waals surface area contributed by atoms with Gasteiger partial charge in [0.2, 0.25) is 12.0 Å². The molecule has 0 unspecified atom stereocenters. The molecule has 0 aliphatic heterocycles. The molecule has 0 atom stereocenters. The molecule has 2 aliphatic carbocycles. The van der Waals surface area contributed by atoms with Crippen LogP contribution in [0.2, 0.25) is 0 Å². The van der Waals surface area contributed by atoms with Crippen LogP contribution in [-0.2, 0) is 4.79 Å². The quantitative estimate of drug-likeness (QED) is 0.395. The predicted molar refractivity (Wildman–Crippen MR) is 110 cm³/mol. The largest absolute Gasteiger partial charge is 0.336 e. The SMILES string of the molecule is Cc1cc(=O)nc(NC(=O)NC2CCC(CC3CCC(N=C=O)CC3)CC2)n1N. The van der Waals surface area contributed by atoms with E-state index < -0.39 is 5.56 Å². The van der Waals surface area contributed by atoms with E-state index in [9.17, 15) is 14.4 Å². The van der Waals surface area contributed by atoms with E-state index in [0.29, 0.717) is 11.6 Å². The molecule has 1 aromatic rings. The van der Waals surface area contributed by atoms with Crippen LogP contribution in [0.5, 0.6) is 0 Å². The Morgan fingerprint density at radius 2 is 1.83 bits per heavy atom. The molecule has 0 saturated heterocycles. The number of urea groups is 1. The third-order valence-electron chi connectivity index (χ3n) is 6.28. The van der Waals surface area contributed by atoms with Gasteiger partial charge < -0.3 is 11.2 Å². The number of carbonyl (C=O) groups excluding carboxylic acids is 2. The van der Waals surface area contributed by atoms with Crippen molar-refractivity contribution in [2.45, 2.75) is 76.8 Å². The molecule has 1 aromatic heterocycles. The molecule has 0 aromatic carbocycles. The van der Waals surface area contributed by atoms with E-state index in [4.69, 9.17) is 5.84 Å². The Hall–Kier alpha value is -2.67. The number of nitrogen functional groups attached to an aromatic ring is 1. The molecule has 29 heavy (non-hydrogen) atoms. The van der Waals surface area contributed by atoms with E-state index in [2.05, 4.69) is 20.6 Å². The molecule has 9 heteroatoms. The Morgan fingerprint density at radius 1 is 1.21 bits per heavy atom. The van der Waals surface area contributed by atoms with Crippen molar-refractivity contribution < 1.29 is 9.59 Å². The van der Waals surface area contributed by atoms with E-state index in [0.717, 1.165) is 57.3 Å². The lowest BCUT2D eigenvalue weighted by atomic mass is 9.76. The highest BCUT2D eigenvalue weighted by atomic mass is 16.2. The van der Waals surface area contributed by atoms with Crippen LogP contribution in [0.4, 0.5) is 10.7 Å². The summed E-state index contributed by atoms with van der Waals surface area (Å²) in [7, 11) is 0. The van der Waals surface area contributed by atoms with E-state index in [1.165, 1.54) is 17.2 Å². The normalized spacial score (nSPS) is 26.9. The fourth-order valence-corrected chi connectivity index (χ4v) is 4.62. The summed E-state index contributed by atoms with van der Waals surface area (Å²) in [6, 6.07) is 1.22. The third kappa shape index (κ3) is 5.90. The number of aromatic nitrogens is 2. The van der Waals surface area contributed by atoms with Gasteiger partial charge in [-0.15, -0.1) is 0 Å². The van der Waals surface area contributed by atoms with E-state index >= 15 is 0 Å². The minimum absolute atomic E-state index is 0.0377. The second-order valence-corrected chi connectivity index (χ2v) is 8.38.